The van der Waals surface area contributed by atoms with E-state index in [1.807, 2.05) is 7.05 Å². The molecule has 3 heteroatoms. The summed E-state index contributed by atoms with van der Waals surface area (Å²) in [5.74, 6) is 1.20. The minimum Gasteiger partial charge on any atom is -0.317 e. The highest BCUT2D eigenvalue weighted by atomic mass is 35.5. The van der Waals surface area contributed by atoms with Crippen LogP contribution in [0.5, 0.6) is 0 Å². The summed E-state index contributed by atoms with van der Waals surface area (Å²) in [6.07, 6.45) is 4.42. The second-order valence-electron chi connectivity index (χ2n) is 7.32. The second-order valence-corrected chi connectivity index (χ2v) is 7.76. The molecule has 0 saturated heterocycles. The van der Waals surface area contributed by atoms with Crippen LogP contribution in [-0.2, 0) is 6.42 Å². The predicted octanol–water partition coefficient (Wildman–Crippen LogP) is 5.07. The molecular weight excluding hydrogens is 285 g/mol. The molecule has 1 saturated carbocycles. The van der Waals surface area contributed by atoms with Gasteiger partial charge in [0.15, 0.2) is 0 Å². The summed E-state index contributed by atoms with van der Waals surface area (Å²) in [6.45, 7) is 6.85. The fraction of sp³-hybridized carbons (Fsp3) is 0.667. The summed E-state index contributed by atoms with van der Waals surface area (Å²) in [5, 5.41) is 4.10. The van der Waals surface area contributed by atoms with Crippen LogP contribution in [0, 0.1) is 23.1 Å². The first kappa shape index (κ1) is 16.8. The lowest BCUT2D eigenvalue weighted by molar-refractivity contribution is 0.0973. The predicted molar refractivity (Wildman–Crippen MR) is 88.2 cm³/mol. The Kier molecular flexibility index (Phi) is 5.32. The van der Waals surface area contributed by atoms with Gasteiger partial charge in [-0.25, -0.2) is 4.39 Å². The average Bonchev–Trinajstić information content (AvgIpc) is 2.42. The highest BCUT2D eigenvalue weighted by Gasteiger charge is 2.38. The third-order valence-electron chi connectivity index (χ3n) is 5.14. The van der Waals surface area contributed by atoms with Crippen LogP contribution in [0.3, 0.4) is 0 Å². The molecular formula is C18H27ClFN. The Hall–Kier alpha value is -0.600. The summed E-state index contributed by atoms with van der Waals surface area (Å²) in [6, 6.07) is 5.39. The van der Waals surface area contributed by atoms with Crippen LogP contribution in [0.25, 0.3) is 0 Å². The van der Waals surface area contributed by atoms with E-state index in [2.05, 4.69) is 26.1 Å². The zero-order valence-corrected chi connectivity index (χ0v) is 14.3. The monoisotopic (exact) mass is 311 g/mol. The van der Waals surface area contributed by atoms with Gasteiger partial charge in [-0.1, -0.05) is 38.8 Å². The van der Waals surface area contributed by atoms with Gasteiger partial charge in [-0.15, -0.1) is 0 Å². The van der Waals surface area contributed by atoms with Crippen LogP contribution in [0.2, 0.25) is 5.02 Å². The van der Waals surface area contributed by atoms with Crippen molar-refractivity contribution in [1.29, 1.82) is 0 Å². The SMILES string of the molecule is CNC1CC(C)CCC1C(C)(C)Cc1cc(Cl)ccc1F. The molecule has 21 heavy (non-hydrogen) atoms. The fourth-order valence-electron chi connectivity index (χ4n) is 3.94. The number of rotatable bonds is 4. The first-order valence-electron chi connectivity index (χ1n) is 7.94. The van der Waals surface area contributed by atoms with E-state index in [1.165, 1.54) is 25.3 Å². The Morgan fingerprint density at radius 1 is 1.33 bits per heavy atom. The smallest absolute Gasteiger partial charge is 0.126 e. The van der Waals surface area contributed by atoms with Gasteiger partial charge in [0.05, 0.1) is 0 Å². The molecule has 2 rings (SSSR count). The normalized spacial score (nSPS) is 26.9. The standard InChI is InChI=1S/C18H27ClFN/c1-12-5-7-15(17(9-12)21-4)18(2,3)11-13-10-14(19)6-8-16(13)20/h6,8,10,12,15,17,21H,5,7,9,11H2,1-4H3. The van der Waals surface area contributed by atoms with E-state index in [0.29, 0.717) is 17.0 Å². The van der Waals surface area contributed by atoms with Crippen LogP contribution in [0.15, 0.2) is 18.2 Å². The molecule has 0 spiro atoms. The van der Waals surface area contributed by atoms with Crippen molar-refractivity contribution in [2.75, 3.05) is 7.05 Å². The zero-order valence-electron chi connectivity index (χ0n) is 13.5. The van der Waals surface area contributed by atoms with Crippen molar-refractivity contribution in [2.45, 2.75) is 52.5 Å². The topological polar surface area (TPSA) is 12.0 Å². The van der Waals surface area contributed by atoms with Crippen molar-refractivity contribution in [2.24, 2.45) is 17.3 Å². The van der Waals surface area contributed by atoms with E-state index >= 15 is 0 Å². The van der Waals surface area contributed by atoms with E-state index in [-0.39, 0.29) is 11.2 Å². The zero-order chi connectivity index (χ0) is 15.6. The van der Waals surface area contributed by atoms with Gasteiger partial charge in [-0.3, -0.25) is 0 Å². The second kappa shape index (κ2) is 6.66. The van der Waals surface area contributed by atoms with Crippen LogP contribution in [-0.4, -0.2) is 13.1 Å². The lowest BCUT2D eigenvalue weighted by Crippen LogP contribution is -2.46. The molecule has 0 heterocycles. The summed E-state index contributed by atoms with van der Waals surface area (Å²) in [4.78, 5) is 0. The Bertz CT molecular complexity index is 486. The van der Waals surface area contributed by atoms with E-state index < -0.39 is 0 Å². The van der Waals surface area contributed by atoms with Gasteiger partial charge < -0.3 is 5.32 Å². The molecule has 3 unspecified atom stereocenters. The van der Waals surface area contributed by atoms with E-state index in [4.69, 9.17) is 11.6 Å². The molecule has 1 aromatic rings. The number of hydrogen-bond donors (Lipinski definition) is 1. The van der Waals surface area contributed by atoms with Crippen molar-refractivity contribution < 1.29 is 4.39 Å². The molecule has 1 fully saturated rings. The van der Waals surface area contributed by atoms with Gasteiger partial charge in [0.1, 0.15) is 5.82 Å². The van der Waals surface area contributed by atoms with E-state index in [9.17, 15) is 4.39 Å². The Labute approximate surface area is 133 Å². The molecule has 0 amide bonds. The summed E-state index contributed by atoms with van der Waals surface area (Å²) >= 11 is 6.03. The lowest BCUT2D eigenvalue weighted by Gasteiger charge is -2.44. The van der Waals surface area contributed by atoms with E-state index in [0.717, 1.165) is 17.9 Å². The molecule has 1 aliphatic rings. The van der Waals surface area contributed by atoms with Gasteiger partial charge in [0, 0.05) is 11.1 Å². The molecule has 0 aliphatic heterocycles. The van der Waals surface area contributed by atoms with E-state index in [1.54, 1.807) is 12.1 Å². The summed E-state index contributed by atoms with van der Waals surface area (Å²) in [5.41, 5.74) is 0.792. The molecule has 1 aromatic carbocycles. The van der Waals surface area contributed by atoms with Crippen LogP contribution < -0.4 is 5.32 Å². The lowest BCUT2D eigenvalue weighted by atomic mass is 9.64. The van der Waals surface area contributed by atoms with Gasteiger partial charge in [0.25, 0.3) is 0 Å². The molecule has 1 aliphatic carbocycles. The maximum Gasteiger partial charge on any atom is 0.126 e. The minimum absolute atomic E-state index is 0.0549. The number of benzene rings is 1. The Morgan fingerprint density at radius 3 is 2.71 bits per heavy atom. The molecule has 118 valence electrons. The maximum absolute atomic E-state index is 14.0. The average molecular weight is 312 g/mol. The van der Waals surface area contributed by atoms with Gasteiger partial charge in [-0.05, 0) is 67.3 Å². The molecule has 0 aromatic heterocycles. The highest BCUT2D eigenvalue weighted by molar-refractivity contribution is 6.30. The van der Waals surface area contributed by atoms with Crippen molar-refractivity contribution in [1.82, 2.24) is 5.32 Å². The van der Waals surface area contributed by atoms with Crippen molar-refractivity contribution in [3.05, 3.63) is 34.6 Å². The van der Waals surface area contributed by atoms with Gasteiger partial charge in [0.2, 0.25) is 0 Å². The third-order valence-corrected chi connectivity index (χ3v) is 5.38. The Balaban J connectivity index is 2.18. The molecule has 1 N–H and O–H groups in total. The number of hydrogen-bond acceptors (Lipinski definition) is 1. The molecule has 1 nitrogen and oxygen atoms in total. The summed E-state index contributed by atoms with van der Waals surface area (Å²) < 4.78 is 14.0. The van der Waals surface area contributed by atoms with Crippen molar-refractivity contribution in [3.63, 3.8) is 0 Å². The largest absolute Gasteiger partial charge is 0.317 e. The minimum atomic E-state index is -0.141. The number of halogens is 2. The van der Waals surface area contributed by atoms with Crippen molar-refractivity contribution in [3.8, 4) is 0 Å². The summed E-state index contributed by atoms with van der Waals surface area (Å²) in [7, 11) is 2.05. The maximum atomic E-state index is 14.0. The first-order chi connectivity index (χ1) is 9.83. The van der Waals surface area contributed by atoms with Crippen LogP contribution in [0.4, 0.5) is 4.39 Å². The Morgan fingerprint density at radius 2 is 2.05 bits per heavy atom. The number of nitrogens with one attached hydrogen (secondary N) is 1. The van der Waals surface area contributed by atoms with Crippen LogP contribution in [0.1, 0.15) is 45.6 Å². The van der Waals surface area contributed by atoms with Gasteiger partial charge in [-0.2, -0.15) is 0 Å². The fourth-order valence-corrected chi connectivity index (χ4v) is 4.13. The quantitative estimate of drug-likeness (QED) is 0.818. The third kappa shape index (κ3) is 3.98. The van der Waals surface area contributed by atoms with Crippen LogP contribution >= 0.6 is 11.6 Å². The highest BCUT2D eigenvalue weighted by Crippen LogP contribution is 2.42. The molecule has 3 atom stereocenters. The van der Waals surface area contributed by atoms with Crippen molar-refractivity contribution >= 4 is 11.6 Å². The molecule has 0 radical (unpaired) electrons. The first-order valence-corrected chi connectivity index (χ1v) is 8.32. The van der Waals surface area contributed by atoms with Gasteiger partial charge >= 0.3 is 0 Å². The molecule has 0 bridgehead atoms.